The molecule has 0 aromatic carbocycles. The summed E-state index contributed by atoms with van der Waals surface area (Å²) in [4.78, 5) is 38.2. The van der Waals surface area contributed by atoms with Gasteiger partial charge in [0.2, 0.25) is 0 Å². The summed E-state index contributed by atoms with van der Waals surface area (Å²) >= 11 is 0. The summed E-state index contributed by atoms with van der Waals surface area (Å²) in [6, 6.07) is 0. The molecule has 67 heavy (non-hydrogen) atoms. The molecular formula is C61H118O6. The van der Waals surface area contributed by atoms with Gasteiger partial charge >= 0.3 is 17.9 Å². The summed E-state index contributed by atoms with van der Waals surface area (Å²) in [7, 11) is 0. The third-order valence-corrected chi connectivity index (χ3v) is 14.1. The van der Waals surface area contributed by atoms with Gasteiger partial charge in [0.15, 0.2) is 6.10 Å². The number of esters is 3. The average molecular weight is 948 g/mol. The Bertz CT molecular complexity index is 998. The maximum Gasteiger partial charge on any atom is 0.306 e. The van der Waals surface area contributed by atoms with Crippen LogP contribution in [-0.2, 0) is 28.6 Å². The number of hydrogen-bond donors (Lipinski definition) is 0. The summed E-state index contributed by atoms with van der Waals surface area (Å²) in [5.41, 5.74) is 0. The lowest BCUT2D eigenvalue weighted by molar-refractivity contribution is -0.167. The predicted molar refractivity (Wildman–Crippen MR) is 289 cm³/mol. The van der Waals surface area contributed by atoms with Crippen molar-refractivity contribution in [2.24, 2.45) is 0 Å². The molecule has 0 rings (SSSR count). The Kier molecular flexibility index (Phi) is 55.6. The number of carbonyl (C=O) groups is 3. The standard InChI is InChI=1S/C61H118O6/c1-4-7-10-13-16-19-22-25-28-30-31-32-34-37-39-42-45-48-51-54-60(63)66-57-58(67-61(64)55-52-49-46-43-40-35-27-24-21-18-15-12-9-6-3)56-65-59(62)53-50-47-44-41-38-36-33-29-26-23-20-17-14-11-8-5-2/h58H,4-57H2,1-3H3/t58-/m1/s1. The first-order chi connectivity index (χ1) is 33.0. The van der Waals surface area contributed by atoms with E-state index < -0.39 is 6.10 Å². The maximum atomic E-state index is 12.9. The van der Waals surface area contributed by atoms with Crippen molar-refractivity contribution in [2.45, 2.75) is 361 Å². The molecule has 0 radical (unpaired) electrons. The Morgan fingerprint density at radius 3 is 0.597 bits per heavy atom. The van der Waals surface area contributed by atoms with Gasteiger partial charge < -0.3 is 14.2 Å². The van der Waals surface area contributed by atoms with Crippen LogP contribution in [0.3, 0.4) is 0 Å². The topological polar surface area (TPSA) is 78.9 Å². The number of ether oxygens (including phenoxy) is 3. The predicted octanol–water partition coefficient (Wildman–Crippen LogP) is 20.3. The lowest BCUT2D eigenvalue weighted by atomic mass is 10.0. The Morgan fingerprint density at radius 1 is 0.239 bits per heavy atom. The fraction of sp³-hybridized carbons (Fsp3) is 0.951. The third kappa shape index (κ3) is 55.2. The minimum absolute atomic E-state index is 0.0607. The molecule has 0 unspecified atom stereocenters. The van der Waals surface area contributed by atoms with Crippen molar-refractivity contribution >= 4 is 17.9 Å². The molecule has 0 heterocycles. The number of hydrogen-bond acceptors (Lipinski definition) is 6. The molecule has 6 nitrogen and oxygen atoms in total. The zero-order chi connectivity index (χ0) is 48.6. The second-order valence-corrected chi connectivity index (χ2v) is 21.0. The third-order valence-electron chi connectivity index (χ3n) is 14.1. The monoisotopic (exact) mass is 947 g/mol. The van der Waals surface area contributed by atoms with Gasteiger partial charge in [0.05, 0.1) is 0 Å². The van der Waals surface area contributed by atoms with Crippen molar-refractivity contribution in [2.75, 3.05) is 13.2 Å². The molecule has 0 aliphatic heterocycles. The van der Waals surface area contributed by atoms with E-state index in [1.807, 2.05) is 0 Å². The highest BCUT2D eigenvalue weighted by Gasteiger charge is 2.19. The Hall–Kier alpha value is -1.59. The first kappa shape index (κ1) is 65.4. The molecule has 0 aromatic heterocycles. The second kappa shape index (κ2) is 57.0. The molecule has 1 atom stereocenters. The van der Waals surface area contributed by atoms with Crippen LogP contribution in [0, 0.1) is 0 Å². The lowest BCUT2D eigenvalue weighted by Gasteiger charge is -2.18. The summed E-state index contributed by atoms with van der Waals surface area (Å²) in [5.74, 6) is -0.828. The SMILES string of the molecule is CCCCCCCCCCCCCCCCCCCCCC(=O)OC[C@@H](COC(=O)CCCCCCCCCCCCCCCCCC)OC(=O)CCCCCCCCCCCCCCCC. The van der Waals surface area contributed by atoms with Crippen molar-refractivity contribution in [1.82, 2.24) is 0 Å². The molecule has 0 saturated carbocycles. The van der Waals surface area contributed by atoms with E-state index in [4.69, 9.17) is 14.2 Å². The second-order valence-electron chi connectivity index (χ2n) is 21.0. The molecule has 398 valence electrons. The summed E-state index contributed by atoms with van der Waals surface area (Å²) in [6.45, 7) is 6.72. The van der Waals surface area contributed by atoms with Crippen LogP contribution < -0.4 is 0 Å². The zero-order valence-electron chi connectivity index (χ0n) is 45.7. The van der Waals surface area contributed by atoms with Gasteiger partial charge in [-0.05, 0) is 19.3 Å². The molecule has 0 aliphatic carbocycles. The smallest absolute Gasteiger partial charge is 0.306 e. The van der Waals surface area contributed by atoms with E-state index in [1.165, 1.54) is 257 Å². The highest BCUT2D eigenvalue weighted by molar-refractivity contribution is 5.71. The highest BCUT2D eigenvalue weighted by Crippen LogP contribution is 2.18. The maximum absolute atomic E-state index is 12.9. The van der Waals surface area contributed by atoms with Crippen LogP contribution in [0.25, 0.3) is 0 Å². The molecule has 0 fully saturated rings. The molecule has 0 amide bonds. The van der Waals surface area contributed by atoms with E-state index in [-0.39, 0.29) is 31.1 Å². The van der Waals surface area contributed by atoms with E-state index in [9.17, 15) is 14.4 Å². The van der Waals surface area contributed by atoms with Crippen LogP contribution in [0.1, 0.15) is 355 Å². The van der Waals surface area contributed by atoms with Gasteiger partial charge in [-0.25, -0.2) is 0 Å². The zero-order valence-corrected chi connectivity index (χ0v) is 45.7. The van der Waals surface area contributed by atoms with Gasteiger partial charge in [-0.1, -0.05) is 316 Å². The van der Waals surface area contributed by atoms with Crippen LogP contribution in [0.5, 0.6) is 0 Å². The molecule has 0 aromatic rings. The lowest BCUT2D eigenvalue weighted by Crippen LogP contribution is -2.30. The molecule has 6 heteroatoms. The molecule has 0 N–H and O–H groups in total. The van der Waals surface area contributed by atoms with Crippen molar-refractivity contribution in [3.05, 3.63) is 0 Å². The minimum Gasteiger partial charge on any atom is -0.462 e. The average Bonchev–Trinajstić information content (AvgIpc) is 3.33. The summed E-state index contributed by atoms with van der Waals surface area (Å²) < 4.78 is 16.9. The van der Waals surface area contributed by atoms with E-state index in [1.54, 1.807) is 0 Å². The van der Waals surface area contributed by atoms with Gasteiger partial charge in [-0.2, -0.15) is 0 Å². The fourth-order valence-corrected chi connectivity index (χ4v) is 9.51. The highest BCUT2D eigenvalue weighted by atomic mass is 16.6. The first-order valence-corrected chi connectivity index (χ1v) is 30.5. The summed E-state index contributed by atoms with van der Waals surface area (Å²) in [6.07, 6.45) is 63.8. The van der Waals surface area contributed by atoms with Crippen molar-refractivity contribution in [3.63, 3.8) is 0 Å². The van der Waals surface area contributed by atoms with Crippen LogP contribution >= 0.6 is 0 Å². The Balaban J connectivity index is 4.26. The van der Waals surface area contributed by atoms with Gasteiger partial charge in [0.25, 0.3) is 0 Å². The van der Waals surface area contributed by atoms with Crippen molar-refractivity contribution in [3.8, 4) is 0 Å². The quantitative estimate of drug-likeness (QED) is 0.0343. The van der Waals surface area contributed by atoms with Crippen molar-refractivity contribution in [1.29, 1.82) is 0 Å². The molecule has 0 aliphatic rings. The molecule has 0 spiro atoms. The number of carbonyl (C=O) groups excluding carboxylic acids is 3. The number of rotatable bonds is 57. The molecule has 0 saturated heterocycles. The van der Waals surface area contributed by atoms with Gasteiger partial charge in [0.1, 0.15) is 13.2 Å². The number of unbranched alkanes of at least 4 members (excludes halogenated alkanes) is 46. The van der Waals surface area contributed by atoms with E-state index in [0.717, 1.165) is 57.8 Å². The van der Waals surface area contributed by atoms with Crippen LogP contribution in [-0.4, -0.2) is 37.2 Å². The van der Waals surface area contributed by atoms with Crippen LogP contribution in [0.2, 0.25) is 0 Å². The Morgan fingerprint density at radius 2 is 0.403 bits per heavy atom. The van der Waals surface area contributed by atoms with Gasteiger partial charge in [-0.15, -0.1) is 0 Å². The molecular weight excluding hydrogens is 829 g/mol. The first-order valence-electron chi connectivity index (χ1n) is 30.5. The van der Waals surface area contributed by atoms with Gasteiger partial charge in [0, 0.05) is 19.3 Å². The fourth-order valence-electron chi connectivity index (χ4n) is 9.51. The van der Waals surface area contributed by atoms with E-state index in [2.05, 4.69) is 20.8 Å². The minimum atomic E-state index is -0.761. The largest absolute Gasteiger partial charge is 0.462 e. The van der Waals surface area contributed by atoms with Gasteiger partial charge in [-0.3, -0.25) is 14.4 Å². The van der Waals surface area contributed by atoms with Crippen LogP contribution in [0.15, 0.2) is 0 Å². The van der Waals surface area contributed by atoms with Crippen LogP contribution in [0.4, 0.5) is 0 Å². The van der Waals surface area contributed by atoms with E-state index >= 15 is 0 Å². The van der Waals surface area contributed by atoms with E-state index in [0.29, 0.717) is 19.3 Å². The van der Waals surface area contributed by atoms with Crippen molar-refractivity contribution < 1.29 is 28.6 Å². The Labute approximate surface area is 418 Å². The molecule has 0 bridgehead atoms. The summed E-state index contributed by atoms with van der Waals surface area (Å²) in [5, 5.41) is 0. The normalized spacial score (nSPS) is 11.9.